The van der Waals surface area contributed by atoms with Crippen LogP contribution < -0.4 is 20.7 Å². The Hall–Kier alpha value is -3.40. The molecule has 0 heterocycles. The lowest BCUT2D eigenvalue weighted by atomic mass is 10.2. The lowest BCUT2D eigenvalue weighted by molar-refractivity contribution is -0.114. The number of nitrogens with two attached hydrogens (primary N) is 1. The van der Waals surface area contributed by atoms with Gasteiger partial charge in [0.15, 0.2) is 0 Å². The van der Waals surface area contributed by atoms with Crippen molar-refractivity contribution >= 4 is 34.0 Å². The summed E-state index contributed by atoms with van der Waals surface area (Å²) in [4.78, 5) is 21.4. The van der Waals surface area contributed by atoms with Gasteiger partial charge in [0.1, 0.15) is 10.6 Å². The molecule has 26 heavy (non-hydrogen) atoms. The van der Waals surface area contributed by atoms with Crippen molar-refractivity contribution in [2.24, 2.45) is 10.8 Å². The number of rotatable bonds is 6. The molecule has 0 unspecified atom stereocenters. The molecule has 2 aromatic carbocycles. The maximum atomic E-state index is 12.3. The molecule has 4 N–H and O–H groups in total. The van der Waals surface area contributed by atoms with Gasteiger partial charge in [0.2, 0.25) is 5.91 Å². The van der Waals surface area contributed by atoms with Gasteiger partial charge in [0, 0.05) is 12.6 Å². The topological polar surface area (TPSA) is 140 Å². The van der Waals surface area contributed by atoms with Crippen LogP contribution in [0.25, 0.3) is 0 Å². The fourth-order valence-corrected chi connectivity index (χ4v) is 2.79. The Morgan fingerprint density at radius 3 is 2.23 bits per heavy atom. The van der Waals surface area contributed by atoms with Gasteiger partial charge in [-0.3, -0.25) is 4.79 Å². The van der Waals surface area contributed by atoms with Crippen LogP contribution in [0.5, 0.6) is 5.75 Å². The molecule has 0 aliphatic rings. The van der Waals surface area contributed by atoms with Crippen molar-refractivity contribution in [2.45, 2.75) is 11.8 Å². The molecule has 10 heteroatoms. The summed E-state index contributed by atoms with van der Waals surface area (Å²) in [5.41, 5.74) is 7.98. The molecule has 0 atom stereocenters. The Morgan fingerprint density at radius 2 is 1.69 bits per heavy atom. The number of hydrogen-bond acceptors (Lipinski definition) is 6. The van der Waals surface area contributed by atoms with Gasteiger partial charge in [-0.1, -0.05) is 0 Å². The van der Waals surface area contributed by atoms with E-state index in [9.17, 15) is 18.0 Å². The monoisotopic (exact) mass is 376 g/mol. The molecule has 0 saturated heterocycles. The maximum Gasteiger partial charge on any atom is 0.339 e. The quantitative estimate of drug-likeness (QED) is 0.397. The fraction of sp³-hybridized carbons (Fsp3) is 0.0625. The zero-order valence-electron chi connectivity index (χ0n) is 13.7. The normalized spacial score (nSPS) is 11.1. The molecule has 2 rings (SSSR count). The van der Waals surface area contributed by atoms with E-state index in [2.05, 4.69) is 10.4 Å². The number of nitrogens with zero attached hydrogens (tertiary/aromatic N) is 1. The van der Waals surface area contributed by atoms with Crippen LogP contribution in [-0.4, -0.2) is 26.6 Å². The highest BCUT2D eigenvalue weighted by Crippen LogP contribution is 2.20. The summed E-state index contributed by atoms with van der Waals surface area (Å²) in [6.45, 7) is 1.35. The summed E-state index contributed by atoms with van der Waals surface area (Å²) in [5.74, 6) is -0.150. The van der Waals surface area contributed by atoms with Gasteiger partial charge in [-0.25, -0.2) is 10.2 Å². The summed E-state index contributed by atoms with van der Waals surface area (Å²) >= 11 is 0. The number of amides is 3. The summed E-state index contributed by atoms with van der Waals surface area (Å²) in [7, 11) is -4.02. The van der Waals surface area contributed by atoms with Gasteiger partial charge in [-0.15, -0.1) is 0 Å². The predicted octanol–water partition coefficient (Wildman–Crippen LogP) is 1.41. The highest BCUT2D eigenvalue weighted by atomic mass is 32.2. The van der Waals surface area contributed by atoms with E-state index in [-0.39, 0.29) is 16.6 Å². The van der Waals surface area contributed by atoms with Gasteiger partial charge in [0.25, 0.3) is 0 Å². The largest absolute Gasteiger partial charge is 0.379 e. The first kappa shape index (κ1) is 18.9. The molecule has 0 saturated carbocycles. The summed E-state index contributed by atoms with van der Waals surface area (Å²) in [5, 5.41) is 6.13. The smallest absolute Gasteiger partial charge is 0.339 e. The number of benzene rings is 2. The number of anilines is 1. The van der Waals surface area contributed by atoms with E-state index in [0.717, 1.165) is 0 Å². The Kier molecular flexibility index (Phi) is 5.91. The van der Waals surface area contributed by atoms with Crippen LogP contribution in [0.15, 0.2) is 58.5 Å². The molecule has 2 aromatic rings. The molecule has 0 aliphatic heterocycles. The molecular weight excluding hydrogens is 360 g/mol. The minimum Gasteiger partial charge on any atom is -0.379 e. The highest BCUT2D eigenvalue weighted by Gasteiger charge is 2.16. The van der Waals surface area contributed by atoms with Crippen LogP contribution in [0, 0.1) is 0 Å². The van der Waals surface area contributed by atoms with E-state index in [0.29, 0.717) is 11.3 Å². The molecule has 0 fully saturated rings. The van der Waals surface area contributed by atoms with Crippen molar-refractivity contribution in [1.82, 2.24) is 5.43 Å². The van der Waals surface area contributed by atoms with E-state index < -0.39 is 16.1 Å². The predicted molar refractivity (Wildman–Crippen MR) is 95.3 cm³/mol. The lowest BCUT2D eigenvalue weighted by Gasteiger charge is -2.08. The van der Waals surface area contributed by atoms with E-state index in [4.69, 9.17) is 9.92 Å². The zero-order chi connectivity index (χ0) is 19.2. The standard InChI is InChI=1S/C16H16N4O5S/c1-11(21)19-13-4-8-15(9-5-13)26(23,24)25-14-6-2-12(3-7-14)10-18-20-16(17)22/h2-10H,1H3,(H,19,21)(H3,17,20,22)/b18-10+. The minimum atomic E-state index is -4.02. The van der Waals surface area contributed by atoms with Crippen molar-refractivity contribution in [3.05, 3.63) is 54.1 Å². The van der Waals surface area contributed by atoms with Crippen molar-refractivity contribution in [3.63, 3.8) is 0 Å². The maximum absolute atomic E-state index is 12.3. The van der Waals surface area contributed by atoms with E-state index in [1.165, 1.54) is 49.5 Å². The van der Waals surface area contributed by atoms with Crippen LogP contribution in [0.2, 0.25) is 0 Å². The van der Waals surface area contributed by atoms with Crippen LogP contribution in [0.3, 0.4) is 0 Å². The Morgan fingerprint density at radius 1 is 1.08 bits per heavy atom. The third-order valence-electron chi connectivity index (χ3n) is 2.94. The van der Waals surface area contributed by atoms with Crippen LogP contribution >= 0.6 is 0 Å². The lowest BCUT2D eigenvalue weighted by Crippen LogP contribution is -2.24. The highest BCUT2D eigenvalue weighted by molar-refractivity contribution is 7.87. The zero-order valence-corrected chi connectivity index (χ0v) is 14.5. The number of urea groups is 1. The first-order valence-corrected chi connectivity index (χ1v) is 8.68. The second-order valence-electron chi connectivity index (χ2n) is 5.05. The van der Waals surface area contributed by atoms with Crippen molar-refractivity contribution in [3.8, 4) is 5.75 Å². The number of hydrogen-bond donors (Lipinski definition) is 3. The molecule has 136 valence electrons. The molecule has 9 nitrogen and oxygen atoms in total. The van der Waals surface area contributed by atoms with E-state index >= 15 is 0 Å². The average Bonchev–Trinajstić information content (AvgIpc) is 2.56. The number of carbonyl (C=O) groups excluding carboxylic acids is 2. The third-order valence-corrected chi connectivity index (χ3v) is 4.20. The molecule has 0 bridgehead atoms. The SMILES string of the molecule is CC(=O)Nc1ccc(S(=O)(=O)Oc2ccc(/C=N/NC(N)=O)cc2)cc1. The molecule has 0 aliphatic carbocycles. The van der Waals surface area contributed by atoms with Gasteiger partial charge >= 0.3 is 16.1 Å². The van der Waals surface area contributed by atoms with Gasteiger partial charge in [-0.05, 0) is 54.1 Å². The summed E-state index contributed by atoms with van der Waals surface area (Å²) in [6.07, 6.45) is 1.34. The van der Waals surface area contributed by atoms with Crippen molar-refractivity contribution in [1.29, 1.82) is 0 Å². The van der Waals surface area contributed by atoms with Crippen molar-refractivity contribution < 1.29 is 22.2 Å². The van der Waals surface area contributed by atoms with Crippen LogP contribution in [0.1, 0.15) is 12.5 Å². The molecule has 0 aromatic heterocycles. The van der Waals surface area contributed by atoms with Gasteiger partial charge in [0.05, 0.1) is 6.21 Å². The average molecular weight is 376 g/mol. The molecule has 0 spiro atoms. The Balaban J connectivity index is 2.07. The van der Waals surface area contributed by atoms with Crippen LogP contribution in [0.4, 0.5) is 10.5 Å². The molecular formula is C16H16N4O5S. The number of hydrazone groups is 1. The second kappa shape index (κ2) is 8.12. The number of nitrogens with one attached hydrogen (secondary N) is 2. The minimum absolute atomic E-state index is 0.0529. The first-order valence-electron chi connectivity index (χ1n) is 7.27. The summed E-state index contributed by atoms with van der Waals surface area (Å²) in [6, 6.07) is 10.8. The van der Waals surface area contributed by atoms with E-state index in [1.807, 2.05) is 5.43 Å². The molecule has 0 radical (unpaired) electrons. The number of carbonyl (C=O) groups is 2. The Labute approximate surface area is 150 Å². The Bertz CT molecular complexity index is 922. The molecule has 3 amide bonds. The number of primary amides is 1. The summed E-state index contributed by atoms with van der Waals surface area (Å²) < 4.78 is 29.6. The third kappa shape index (κ3) is 5.60. The van der Waals surface area contributed by atoms with Gasteiger partial charge in [-0.2, -0.15) is 13.5 Å². The first-order chi connectivity index (χ1) is 12.3. The van der Waals surface area contributed by atoms with E-state index in [1.54, 1.807) is 12.1 Å². The second-order valence-corrected chi connectivity index (χ2v) is 6.59. The van der Waals surface area contributed by atoms with Crippen molar-refractivity contribution in [2.75, 3.05) is 5.32 Å². The fourth-order valence-electron chi connectivity index (χ4n) is 1.86. The van der Waals surface area contributed by atoms with Crippen LogP contribution in [-0.2, 0) is 14.9 Å². The van der Waals surface area contributed by atoms with Gasteiger partial charge < -0.3 is 15.2 Å².